The average molecular weight is 643 g/mol. The monoisotopic (exact) mass is 642 g/mol. The Morgan fingerprint density at radius 1 is 0.891 bits per heavy atom. The number of carbonyl (C=O) groups is 2. The lowest BCUT2D eigenvalue weighted by Gasteiger charge is -2.34. The number of rotatable bonds is 14. The fraction of sp³-hybridized carbons (Fsp3) is 0.257. The second-order valence-corrected chi connectivity index (χ2v) is 12.9. The van der Waals surface area contributed by atoms with Crippen LogP contribution in [0.15, 0.2) is 114 Å². The predicted octanol–water partition coefficient (Wildman–Crippen LogP) is 5.65. The van der Waals surface area contributed by atoms with Gasteiger partial charge in [0, 0.05) is 31.1 Å². The summed E-state index contributed by atoms with van der Waals surface area (Å²) < 4.78 is 29.0. The van der Waals surface area contributed by atoms with Gasteiger partial charge in [0.05, 0.1) is 15.5 Å². The highest BCUT2D eigenvalue weighted by Crippen LogP contribution is 2.28. The normalized spacial score (nSPS) is 12.5. The molecule has 0 aliphatic heterocycles. The van der Waals surface area contributed by atoms with Crippen LogP contribution in [0.4, 0.5) is 11.4 Å². The number of non-ortho nitro benzene ring substituents is 1. The van der Waals surface area contributed by atoms with Gasteiger partial charge in [-0.05, 0) is 55.2 Å². The van der Waals surface area contributed by atoms with Crippen molar-refractivity contribution in [2.45, 2.75) is 57.1 Å². The van der Waals surface area contributed by atoms with E-state index in [2.05, 4.69) is 5.32 Å². The van der Waals surface area contributed by atoms with Gasteiger partial charge in [0.2, 0.25) is 11.8 Å². The molecule has 0 aliphatic carbocycles. The Morgan fingerprint density at radius 3 is 2.15 bits per heavy atom. The predicted molar refractivity (Wildman–Crippen MR) is 178 cm³/mol. The first kappa shape index (κ1) is 33.9. The van der Waals surface area contributed by atoms with Crippen molar-refractivity contribution in [3.63, 3.8) is 0 Å². The molecule has 4 aromatic rings. The summed E-state index contributed by atoms with van der Waals surface area (Å²) in [6.45, 7) is 5.05. The van der Waals surface area contributed by atoms with Crippen molar-refractivity contribution in [2.24, 2.45) is 0 Å². The number of nitro benzene ring substituents is 1. The lowest BCUT2D eigenvalue weighted by Crippen LogP contribution is -2.54. The molecule has 0 aliphatic rings. The molecule has 0 unspecified atom stereocenters. The number of carbonyl (C=O) groups excluding carboxylic acids is 2. The van der Waals surface area contributed by atoms with Crippen molar-refractivity contribution in [2.75, 3.05) is 10.8 Å². The van der Waals surface area contributed by atoms with Gasteiger partial charge in [0.15, 0.2) is 0 Å². The molecule has 0 heterocycles. The lowest BCUT2D eigenvalue weighted by molar-refractivity contribution is -0.384. The first-order valence-electron chi connectivity index (χ1n) is 15.0. The molecule has 0 saturated heterocycles. The van der Waals surface area contributed by atoms with E-state index >= 15 is 0 Å². The third kappa shape index (κ3) is 8.36. The van der Waals surface area contributed by atoms with E-state index in [4.69, 9.17) is 0 Å². The molecule has 0 bridgehead atoms. The molecule has 0 radical (unpaired) electrons. The molecule has 10 nitrogen and oxygen atoms in total. The third-order valence-electron chi connectivity index (χ3n) is 7.81. The van der Waals surface area contributed by atoms with Crippen molar-refractivity contribution in [1.29, 1.82) is 0 Å². The van der Waals surface area contributed by atoms with Crippen molar-refractivity contribution in [3.05, 3.63) is 136 Å². The van der Waals surface area contributed by atoms with Gasteiger partial charge in [0.25, 0.3) is 15.7 Å². The van der Waals surface area contributed by atoms with Crippen LogP contribution in [0.25, 0.3) is 0 Å². The van der Waals surface area contributed by atoms with Gasteiger partial charge in [-0.25, -0.2) is 8.42 Å². The molecule has 0 saturated carbocycles. The number of benzene rings is 4. The van der Waals surface area contributed by atoms with Crippen LogP contribution in [0.5, 0.6) is 0 Å². The standard InChI is InChI=1S/C35H38N4O6S/c1-4-27(3)36-35(41)33(22-28-15-7-5-8-16-28)37(24-29-17-12-11-14-26(29)2)34(40)25-38(30-18-13-19-31(23-30)39(42)43)46(44,45)32-20-9-6-10-21-32/h5-21,23,27,33H,4,22,24-25H2,1-3H3,(H,36,41)/t27-,33-/m0/s1. The van der Waals surface area contributed by atoms with E-state index in [1.54, 1.807) is 18.2 Å². The largest absolute Gasteiger partial charge is 0.352 e. The van der Waals surface area contributed by atoms with Crippen LogP contribution in [0.2, 0.25) is 0 Å². The summed E-state index contributed by atoms with van der Waals surface area (Å²) in [6.07, 6.45) is 0.856. The Balaban J connectivity index is 1.84. The summed E-state index contributed by atoms with van der Waals surface area (Å²) in [5.41, 5.74) is 2.13. The fourth-order valence-corrected chi connectivity index (χ4v) is 6.40. The minimum Gasteiger partial charge on any atom is -0.352 e. The number of nitro groups is 1. The minimum atomic E-state index is -4.37. The van der Waals surface area contributed by atoms with Crippen molar-refractivity contribution in [1.82, 2.24) is 10.2 Å². The van der Waals surface area contributed by atoms with E-state index < -0.39 is 33.4 Å². The second-order valence-electron chi connectivity index (χ2n) is 11.1. The highest BCUT2D eigenvalue weighted by molar-refractivity contribution is 7.92. The topological polar surface area (TPSA) is 130 Å². The van der Waals surface area contributed by atoms with Crippen LogP contribution in [0, 0.1) is 17.0 Å². The molecule has 240 valence electrons. The minimum absolute atomic E-state index is 0.0328. The SMILES string of the molecule is CC[C@H](C)NC(=O)[C@H](Cc1ccccc1)N(Cc1ccccc1C)C(=O)CN(c1cccc([N+](=O)[O-])c1)S(=O)(=O)c1ccccc1. The smallest absolute Gasteiger partial charge is 0.271 e. The van der Waals surface area contributed by atoms with Crippen LogP contribution in [0.1, 0.15) is 37.0 Å². The van der Waals surface area contributed by atoms with Crippen molar-refractivity contribution in [3.8, 4) is 0 Å². The van der Waals surface area contributed by atoms with Crippen LogP contribution < -0.4 is 9.62 Å². The zero-order valence-corrected chi connectivity index (χ0v) is 26.9. The fourth-order valence-electron chi connectivity index (χ4n) is 4.98. The Morgan fingerprint density at radius 2 is 1.52 bits per heavy atom. The highest BCUT2D eigenvalue weighted by atomic mass is 32.2. The van der Waals surface area contributed by atoms with Crippen molar-refractivity contribution >= 4 is 33.2 Å². The third-order valence-corrected chi connectivity index (χ3v) is 9.60. The van der Waals surface area contributed by atoms with Crippen LogP contribution in [-0.4, -0.2) is 48.7 Å². The quantitative estimate of drug-likeness (QED) is 0.140. The molecule has 4 rings (SSSR count). The zero-order valence-electron chi connectivity index (χ0n) is 26.1. The molecular weight excluding hydrogens is 604 g/mol. The number of hydrogen-bond donors (Lipinski definition) is 1. The van der Waals surface area contributed by atoms with E-state index in [1.807, 2.05) is 75.4 Å². The number of nitrogens with one attached hydrogen (secondary N) is 1. The van der Waals surface area contributed by atoms with Gasteiger partial charge in [-0.15, -0.1) is 0 Å². The Hall–Kier alpha value is -5.03. The molecule has 11 heteroatoms. The van der Waals surface area contributed by atoms with Crippen LogP contribution in [-0.2, 0) is 32.6 Å². The molecule has 0 spiro atoms. The lowest BCUT2D eigenvalue weighted by atomic mass is 10.0. The number of nitrogens with zero attached hydrogens (tertiary/aromatic N) is 3. The van der Waals surface area contributed by atoms with Gasteiger partial charge in [0.1, 0.15) is 12.6 Å². The van der Waals surface area contributed by atoms with E-state index in [0.29, 0.717) is 6.42 Å². The van der Waals surface area contributed by atoms with E-state index in [1.165, 1.54) is 35.2 Å². The maximum absolute atomic E-state index is 14.5. The summed E-state index contributed by atoms with van der Waals surface area (Å²) in [5.74, 6) is -1.01. The average Bonchev–Trinajstić information content (AvgIpc) is 3.06. The molecular formula is C35H38N4O6S. The zero-order chi connectivity index (χ0) is 33.3. The Kier molecular flexibility index (Phi) is 11.3. The Bertz CT molecular complexity index is 1770. The van der Waals surface area contributed by atoms with E-state index in [9.17, 15) is 28.1 Å². The molecule has 4 aromatic carbocycles. The first-order valence-corrected chi connectivity index (χ1v) is 16.5. The summed E-state index contributed by atoms with van der Waals surface area (Å²) in [6, 6.07) is 28.3. The van der Waals surface area contributed by atoms with Crippen LogP contribution in [0.3, 0.4) is 0 Å². The molecule has 1 N–H and O–H groups in total. The highest BCUT2D eigenvalue weighted by Gasteiger charge is 2.35. The molecule has 0 fully saturated rings. The van der Waals surface area contributed by atoms with Crippen molar-refractivity contribution < 1.29 is 22.9 Å². The van der Waals surface area contributed by atoms with Gasteiger partial charge in [-0.3, -0.25) is 24.0 Å². The molecule has 2 atom stereocenters. The van der Waals surface area contributed by atoms with Gasteiger partial charge in [-0.2, -0.15) is 0 Å². The summed E-state index contributed by atoms with van der Waals surface area (Å²) in [7, 11) is -4.37. The van der Waals surface area contributed by atoms with Gasteiger partial charge < -0.3 is 10.2 Å². The second kappa shape index (κ2) is 15.3. The summed E-state index contributed by atoms with van der Waals surface area (Å²) in [5, 5.41) is 14.6. The van der Waals surface area contributed by atoms with Crippen LogP contribution >= 0.6 is 0 Å². The maximum atomic E-state index is 14.5. The number of anilines is 1. The summed E-state index contributed by atoms with van der Waals surface area (Å²) >= 11 is 0. The molecule has 2 amide bonds. The van der Waals surface area contributed by atoms with Gasteiger partial charge in [-0.1, -0.05) is 85.8 Å². The number of amides is 2. The molecule has 46 heavy (non-hydrogen) atoms. The van der Waals surface area contributed by atoms with Gasteiger partial charge >= 0.3 is 0 Å². The number of aryl methyl sites for hydroxylation is 1. The van der Waals surface area contributed by atoms with E-state index in [0.717, 1.165) is 27.1 Å². The van der Waals surface area contributed by atoms with E-state index in [-0.39, 0.29) is 41.2 Å². The number of sulfonamides is 1. The first-order chi connectivity index (χ1) is 22.0. The molecule has 0 aromatic heterocycles. The Labute approximate surface area is 269 Å². The summed E-state index contributed by atoms with van der Waals surface area (Å²) in [4.78, 5) is 40.8. The maximum Gasteiger partial charge on any atom is 0.271 e. The number of hydrogen-bond acceptors (Lipinski definition) is 6.